The van der Waals surface area contributed by atoms with Crippen LogP contribution in [0, 0.1) is 5.82 Å². The number of carbonyl (C=O) groups is 2. The highest BCUT2D eigenvalue weighted by atomic mass is 32.2. The van der Waals surface area contributed by atoms with E-state index in [0.29, 0.717) is 5.56 Å². The van der Waals surface area contributed by atoms with E-state index in [1.54, 1.807) is 31.2 Å². The number of rotatable bonds is 11. The molecule has 0 fully saturated rings. The van der Waals surface area contributed by atoms with Crippen LogP contribution in [0.1, 0.15) is 44.8 Å². The number of aliphatic hydroxyl groups is 2. The van der Waals surface area contributed by atoms with Crippen LogP contribution in [0.3, 0.4) is 0 Å². The van der Waals surface area contributed by atoms with Crippen molar-refractivity contribution >= 4 is 27.5 Å². The lowest BCUT2D eigenvalue weighted by Gasteiger charge is -2.31. The van der Waals surface area contributed by atoms with Crippen molar-refractivity contribution < 1.29 is 32.6 Å². The summed E-state index contributed by atoms with van der Waals surface area (Å²) in [5.41, 5.74) is -0.00133. The minimum absolute atomic E-state index is 0.00349. The Morgan fingerprint density at radius 3 is 2.05 bits per heavy atom. The second-order valence-electron chi connectivity index (χ2n) is 9.46. The first-order valence-electron chi connectivity index (χ1n) is 12.1. The van der Waals surface area contributed by atoms with E-state index >= 15 is 0 Å². The molecule has 4 N–H and O–H groups in total. The molecule has 0 aliphatic heterocycles. The van der Waals surface area contributed by atoms with E-state index in [0.717, 1.165) is 16.1 Å². The van der Waals surface area contributed by atoms with E-state index < -0.39 is 52.4 Å². The number of benzene rings is 3. The third-order valence-electron chi connectivity index (χ3n) is 6.39. The molecule has 0 unspecified atom stereocenters. The maximum absolute atomic E-state index is 13.4. The fraction of sp³-hybridized carbons (Fsp3) is 0.286. The molecule has 0 bridgehead atoms. The van der Waals surface area contributed by atoms with Crippen molar-refractivity contribution in [1.82, 2.24) is 10.6 Å². The molecule has 3 aromatic carbocycles. The Bertz CT molecular complexity index is 1410. The summed E-state index contributed by atoms with van der Waals surface area (Å²) in [5, 5.41) is 25.6. The Hall–Kier alpha value is -3.80. The maximum Gasteiger partial charge on any atom is 0.251 e. The molecule has 0 heterocycles. The molecule has 0 spiro atoms. The molecule has 0 aromatic heterocycles. The van der Waals surface area contributed by atoms with E-state index in [-0.39, 0.29) is 23.2 Å². The van der Waals surface area contributed by atoms with Gasteiger partial charge in [0, 0.05) is 24.6 Å². The van der Waals surface area contributed by atoms with E-state index in [1.807, 2.05) is 6.07 Å². The molecule has 1 atom stereocenters. The molecular formula is C28H32FN3O6S. The standard InChI is InChI=1S/C28H32FN3O6S/c1-19(21-9-11-24(29)12-10-21)30-26(35)22-13-23(15-25(14-22)32(2)39(3,37)38)27(36)31-28(17-33,18-34)16-20-7-5-4-6-8-20/h4-15,19,33-34H,16-18H2,1-3H3,(H,30,35)(H,31,36)/t19-/m1/s1. The second-order valence-corrected chi connectivity index (χ2v) is 11.5. The quantitative estimate of drug-likeness (QED) is 0.286. The van der Waals surface area contributed by atoms with Crippen molar-refractivity contribution in [2.45, 2.75) is 24.9 Å². The van der Waals surface area contributed by atoms with Crippen LogP contribution in [0.4, 0.5) is 10.1 Å². The third-order valence-corrected chi connectivity index (χ3v) is 7.60. The van der Waals surface area contributed by atoms with E-state index in [9.17, 15) is 32.6 Å². The lowest BCUT2D eigenvalue weighted by Crippen LogP contribution is -2.56. The number of hydrogen-bond acceptors (Lipinski definition) is 6. The van der Waals surface area contributed by atoms with Gasteiger partial charge in [-0.2, -0.15) is 0 Å². The average Bonchev–Trinajstić information content (AvgIpc) is 2.92. The van der Waals surface area contributed by atoms with Gasteiger partial charge in [0.25, 0.3) is 11.8 Å². The molecule has 0 saturated heterocycles. The predicted octanol–water partition coefficient (Wildman–Crippen LogP) is 2.41. The summed E-state index contributed by atoms with van der Waals surface area (Å²) in [7, 11) is -2.45. The van der Waals surface area contributed by atoms with Gasteiger partial charge in [0.1, 0.15) is 5.82 Å². The SMILES string of the molecule is C[C@@H](NC(=O)c1cc(C(=O)NC(CO)(CO)Cc2ccccc2)cc(N(C)S(C)(=O)=O)c1)c1ccc(F)cc1. The molecule has 208 valence electrons. The van der Waals surface area contributed by atoms with Crippen LogP contribution in [-0.4, -0.2) is 62.5 Å². The van der Waals surface area contributed by atoms with Crippen LogP contribution in [0.25, 0.3) is 0 Å². The lowest BCUT2D eigenvalue weighted by molar-refractivity contribution is 0.0667. The number of amides is 2. The maximum atomic E-state index is 13.4. The Morgan fingerprint density at radius 1 is 0.949 bits per heavy atom. The number of sulfonamides is 1. The predicted molar refractivity (Wildman–Crippen MR) is 146 cm³/mol. The molecule has 2 amide bonds. The minimum atomic E-state index is -3.74. The summed E-state index contributed by atoms with van der Waals surface area (Å²) < 4.78 is 38.7. The Labute approximate surface area is 227 Å². The highest BCUT2D eigenvalue weighted by molar-refractivity contribution is 7.92. The normalized spacial score (nSPS) is 12.5. The van der Waals surface area contributed by atoms with Crippen LogP contribution in [0.5, 0.6) is 0 Å². The number of anilines is 1. The van der Waals surface area contributed by atoms with Gasteiger partial charge in [0.05, 0.1) is 36.7 Å². The average molecular weight is 558 g/mol. The molecule has 0 aliphatic carbocycles. The molecule has 0 radical (unpaired) electrons. The molecular weight excluding hydrogens is 525 g/mol. The molecule has 0 saturated carbocycles. The Balaban J connectivity index is 1.95. The van der Waals surface area contributed by atoms with Crippen molar-refractivity contribution in [3.05, 3.63) is 101 Å². The zero-order valence-electron chi connectivity index (χ0n) is 21.9. The van der Waals surface area contributed by atoms with Crippen molar-refractivity contribution in [2.24, 2.45) is 0 Å². The van der Waals surface area contributed by atoms with Crippen molar-refractivity contribution in [3.8, 4) is 0 Å². The monoisotopic (exact) mass is 557 g/mol. The molecule has 9 nitrogen and oxygen atoms in total. The Morgan fingerprint density at radius 2 is 1.51 bits per heavy atom. The van der Waals surface area contributed by atoms with Crippen LogP contribution in [0.15, 0.2) is 72.8 Å². The smallest absolute Gasteiger partial charge is 0.251 e. The first-order valence-corrected chi connectivity index (χ1v) is 14.0. The lowest BCUT2D eigenvalue weighted by atomic mass is 9.91. The zero-order chi connectivity index (χ0) is 28.8. The number of nitrogens with zero attached hydrogens (tertiary/aromatic N) is 1. The second kappa shape index (κ2) is 12.4. The van der Waals surface area contributed by atoms with Gasteiger partial charge in [0.2, 0.25) is 10.0 Å². The molecule has 0 aliphatic rings. The number of nitrogens with one attached hydrogen (secondary N) is 2. The summed E-state index contributed by atoms with van der Waals surface area (Å²) >= 11 is 0. The summed E-state index contributed by atoms with van der Waals surface area (Å²) in [6.45, 7) is 0.552. The van der Waals surface area contributed by atoms with E-state index in [4.69, 9.17) is 0 Å². The first kappa shape index (κ1) is 29.8. The van der Waals surface area contributed by atoms with Gasteiger partial charge in [-0.1, -0.05) is 42.5 Å². The summed E-state index contributed by atoms with van der Waals surface area (Å²) in [6, 6.07) is 18.0. The molecule has 39 heavy (non-hydrogen) atoms. The molecule has 3 aromatic rings. The van der Waals surface area contributed by atoms with Gasteiger partial charge in [-0.05, 0) is 48.4 Å². The fourth-order valence-corrected chi connectivity index (χ4v) is 4.43. The highest BCUT2D eigenvalue weighted by Crippen LogP contribution is 2.23. The van der Waals surface area contributed by atoms with Crippen LogP contribution in [0.2, 0.25) is 0 Å². The van der Waals surface area contributed by atoms with Gasteiger partial charge in [-0.3, -0.25) is 13.9 Å². The van der Waals surface area contributed by atoms with Crippen LogP contribution >= 0.6 is 0 Å². The fourth-order valence-electron chi connectivity index (χ4n) is 3.95. The largest absolute Gasteiger partial charge is 0.394 e. The third kappa shape index (κ3) is 7.62. The van der Waals surface area contributed by atoms with Crippen LogP contribution < -0.4 is 14.9 Å². The van der Waals surface area contributed by atoms with Crippen molar-refractivity contribution in [1.29, 1.82) is 0 Å². The summed E-state index contributed by atoms with van der Waals surface area (Å²) in [5.74, 6) is -1.73. The molecule has 3 rings (SSSR count). The first-order chi connectivity index (χ1) is 18.4. The number of aliphatic hydroxyl groups excluding tert-OH is 2. The number of carbonyl (C=O) groups excluding carboxylic acids is 2. The molecule has 11 heteroatoms. The number of hydrogen-bond donors (Lipinski definition) is 4. The van der Waals surface area contributed by atoms with Crippen molar-refractivity contribution in [2.75, 3.05) is 30.8 Å². The van der Waals surface area contributed by atoms with Gasteiger partial charge in [0.15, 0.2) is 0 Å². The highest BCUT2D eigenvalue weighted by Gasteiger charge is 2.32. The minimum Gasteiger partial charge on any atom is -0.394 e. The van der Waals surface area contributed by atoms with Crippen molar-refractivity contribution in [3.63, 3.8) is 0 Å². The number of halogens is 1. The van der Waals surface area contributed by atoms with Gasteiger partial charge < -0.3 is 20.8 Å². The van der Waals surface area contributed by atoms with Gasteiger partial charge in [-0.25, -0.2) is 12.8 Å². The van der Waals surface area contributed by atoms with E-state index in [1.165, 1.54) is 49.5 Å². The Kier molecular flexibility index (Phi) is 9.44. The zero-order valence-corrected chi connectivity index (χ0v) is 22.7. The van der Waals surface area contributed by atoms with Gasteiger partial charge >= 0.3 is 0 Å². The topological polar surface area (TPSA) is 136 Å². The summed E-state index contributed by atoms with van der Waals surface area (Å²) in [4.78, 5) is 26.5. The summed E-state index contributed by atoms with van der Waals surface area (Å²) in [6.07, 6.45) is 1.11. The van der Waals surface area contributed by atoms with Crippen LogP contribution in [-0.2, 0) is 16.4 Å². The van der Waals surface area contributed by atoms with Gasteiger partial charge in [-0.15, -0.1) is 0 Å². The van der Waals surface area contributed by atoms with E-state index in [2.05, 4.69) is 10.6 Å².